The largest absolute Gasteiger partial charge is 0.497 e. The van der Waals surface area contributed by atoms with E-state index in [4.69, 9.17) is 32.7 Å². The molecule has 0 heterocycles. The van der Waals surface area contributed by atoms with Crippen molar-refractivity contribution >= 4 is 50.7 Å². The Balaban J connectivity index is 1.78. The molecular weight excluding hydrogens is 625 g/mol. The van der Waals surface area contributed by atoms with Crippen LogP contribution in [0.15, 0.2) is 66.7 Å². The van der Waals surface area contributed by atoms with E-state index in [0.717, 1.165) is 41.8 Å². The Labute approximate surface area is 269 Å². The topological polar surface area (TPSA) is 105 Å². The molecule has 3 aromatic carbocycles. The molecule has 0 radical (unpaired) electrons. The monoisotopic (exact) mass is 661 g/mol. The van der Waals surface area contributed by atoms with Gasteiger partial charge in [-0.3, -0.25) is 13.9 Å². The molecule has 12 heteroatoms. The summed E-state index contributed by atoms with van der Waals surface area (Å²) in [6.45, 7) is -0.660. The van der Waals surface area contributed by atoms with Crippen LogP contribution in [-0.4, -0.2) is 64.2 Å². The molecule has 1 saturated carbocycles. The van der Waals surface area contributed by atoms with E-state index in [9.17, 15) is 18.0 Å². The zero-order valence-electron chi connectivity index (χ0n) is 25.0. The highest BCUT2D eigenvalue weighted by Gasteiger charge is 2.35. The normalized spacial score (nSPS) is 14.1. The van der Waals surface area contributed by atoms with Crippen LogP contribution in [0, 0.1) is 0 Å². The third-order valence-electron chi connectivity index (χ3n) is 7.66. The van der Waals surface area contributed by atoms with E-state index in [1.807, 2.05) is 30.3 Å². The summed E-state index contributed by atoms with van der Waals surface area (Å²) >= 11 is 12.7. The molecule has 3 aromatic rings. The zero-order chi connectivity index (χ0) is 31.9. The number of carbonyl (C=O) groups excluding carboxylic acids is 2. The molecule has 4 rings (SSSR count). The van der Waals surface area contributed by atoms with E-state index >= 15 is 0 Å². The number of anilines is 1. The molecule has 44 heavy (non-hydrogen) atoms. The van der Waals surface area contributed by atoms with Gasteiger partial charge in [0.05, 0.1) is 26.2 Å². The van der Waals surface area contributed by atoms with Crippen molar-refractivity contribution in [2.75, 3.05) is 31.3 Å². The molecule has 0 spiro atoms. The highest BCUT2D eigenvalue weighted by atomic mass is 35.5. The Hall–Kier alpha value is -3.47. The molecule has 0 bridgehead atoms. The van der Waals surface area contributed by atoms with Crippen LogP contribution < -0.4 is 19.1 Å². The fourth-order valence-electron chi connectivity index (χ4n) is 5.34. The van der Waals surface area contributed by atoms with Gasteiger partial charge < -0.3 is 19.7 Å². The Morgan fingerprint density at radius 2 is 1.68 bits per heavy atom. The van der Waals surface area contributed by atoms with E-state index in [1.165, 1.54) is 25.2 Å². The summed E-state index contributed by atoms with van der Waals surface area (Å²) in [6, 6.07) is 18.0. The molecule has 1 aliphatic rings. The maximum atomic E-state index is 14.4. The lowest BCUT2D eigenvalue weighted by molar-refractivity contribution is -0.140. The number of rotatable bonds is 13. The lowest BCUT2D eigenvalue weighted by Gasteiger charge is -2.34. The number of nitrogens with zero attached hydrogens (tertiary/aromatic N) is 2. The van der Waals surface area contributed by atoms with Gasteiger partial charge in [-0.2, -0.15) is 0 Å². The Kier molecular flexibility index (Phi) is 11.4. The second-order valence-electron chi connectivity index (χ2n) is 10.8. The van der Waals surface area contributed by atoms with Gasteiger partial charge in [-0.15, -0.1) is 0 Å². The number of benzene rings is 3. The SMILES string of the molecule is COc1ccc(OC)c(N(CC(=O)N(Cc2ccc(Cl)cc2Cl)[C@@H](Cc2ccccc2)C(=O)NC2CCCC2)S(C)(=O)=O)c1. The summed E-state index contributed by atoms with van der Waals surface area (Å²) in [4.78, 5) is 29.8. The maximum Gasteiger partial charge on any atom is 0.244 e. The summed E-state index contributed by atoms with van der Waals surface area (Å²) in [5.41, 5.74) is 1.52. The quantitative estimate of drug-likeness (QED) is 0.260. The number of hydrogen-bond donors (Lipinski definition) is 1. The van der Waals surface area contributed by atoms with Crippen molar-refractivity contribution in [1.29, 1.82) is 0 Å². The van der Waals surface area contributed by atoms with Gasteiger partial charge in [-0.1, -0.05) is 72.4 Å². The number of methoxy groups -OCH3 is 2. The number of carbonyl (C=O) groups is 2. The average Bonchev–Trinajstić information content (AvgIpc) is 3.51. The molecule has 1 fully saturated rings. The lowest BCUT2D eigenvalue weighted by atomic mass is 10.0. The van der Waals surface area contributed by atoms with Gasteiger partial charge in [0.15, 0.2) is 0 Å². The molecule has 1 N–H and O–H groups in total. The number of halogens is 2. The van der Waals surface area contributed by atoms with Gasteiger partial charge in [0.25, 0.3) is 0 Å². The molecule has 0 aliphatic heterocycles. The average molecular weight is 663 g/mol. The fraction of sp³-hybridized carbons (Fsp3) is 0.375. The van der Waals surface area contributed by atoms with Crippen LogP contribution in [0.1, 0.15) is 36.8 Å². The molecule has 0 unspecified atom stereocenters. The minimum atomic E-state index is -4.01. The van der Waals surface area contributed by atoms with Crippen molar-refractivity contribution < 1.29 is 27.5 Å². The number of nitrogens with one attached hydrogen (secondary N) is 1. The Morgan fingerprint density at radius 3 is 2.30 bits per heavy atom. The molecule has 9 nitrogen and oxygen atoms in total. The molecule has 0 saturated heterocycles. The van der Waals surface area contributed by atoms with E-state index < -0.39 is 28.5 Å². The number of sulfonamides is 1. The molecule has 2 amide bonds. The van der Waals surface area contributed by atoms with Gasteiger partial charge in [0.2, 0.25) is 21.8 Å². The van der Waals surface area contributed by atoms with E-state index in [1.54, 1.807) is 30.3 Å². The third-order valence-corrected chi connectivity index (χ3v) is 9.38. The van der Waals surface area contributed by atoms with E-state index in [-0.39, 0.29) is 36.4 Å². The fourth-order valence-corrected chi connectivity index (χ4v) is 6.65. The number of amides is 2. The summed E-state index contributed by atoms with van der Waals surface area (Å²) < 4.78 is 38.1. The van der Waals surface area contributed by atoms with Crippen LogP contribution in [0.3, 0.4) is 0 Å². The van der Waals surface area contributed by atoms with Gasteiger partial charge >= 0.3 is 0 Å². The Bertz CT molecular complexity index is 1570. The van der Waals surface area contributed by atoms with Gasteiger partial charge in [0, 0.05) is 35.1 Å². The van der Waals surface area contributed by atoms with Crippen LogP contribution in [0.5, 0.6) is 11.5 Å². The van der Waals surface area contributed by atoms with Crippen molar-refractivity contribution in [3.05, 3.63) is 87.9 Å². The lowest BCUT2D eigenvalue weighted by Crippen LogP contribution is -2.54. The first kappa shape index (κ1) is 33.4. The van der Waals surface area contributed by atoms with Crippen LogP contribution >= 0.6 is 23.2 Å². The minimum Gasteiger partial charge on any atom is -0.497 e. The van der Waals surface area contributed by atoms with Crippen molar-refractivity contribution in [3.63, 3.8) is 0 Å². The first-order valence-corrected chi connectivity index (χ1v) is 16.9. The second kappa shape index (κ2) is 15.0. The minimum absolute atomic E-state index is 0.00501. The first-order valence-electron chi connectivity index (χ1n) is 14.3. The first-order chi connectivity index (χ1) is 21.0. The predicted molar refractivity (Wildman–Crippen MR) is 173 cm³/mol. The molecule has 1 aliphatic carbocycles. The van der Waals surface area contributed by atoms with Crippen molar-refractivity contribution in [3.8, 4) is 11.5 Å². The highest BCUT2D eigenvalue weighted by molar-refractivity contribution is 7.92. The van der Waals surface area contributed by atoms with Crippen LogP contribution in [0.25, 0.3) is 0 Å². The van der Waals surface area contributed by atoms with Crippen LogP contribution in [0.2, 0.25) is 10.0 Å². The van der Waals surface area contributed by atoms with Gasteiger partial charge in [0.1, 0.15) is 24.1 Å². The zero-order valence-corrected chi connectivity index (χ0v) is 27.3. The molecular formula is C32H37Cl2N3O6S. The number of ether oxygens (including phenoxy) is 2. The van der Waals surface area contributed by atoms with Crippen molar-refractivity contribution in [2.45, 2.75) is 50.7 Å². The number of hydrogen-bond acceptors (Lipinski definition) is 6. The third kappa shape index (κ3) is 8.58. The second-order valence-corrected chi connectivity index (χ2v) is 13.5. The van der Waals surface area contributed by atoms with Crippen LogP contribution in [0.4, 0.5) is 5.69 Å². The van der Waals surface area contributed by atoms with E-state index in [0.29, 0.717) is 21.4 Å². The van der Waals surface area contributed by atoms with Crippen molar-refractivity contribution in [1.82, 2.24) is 10.2 Å². The summed E-state index contributed by atoms with van der Waals surface area (Å²) in [6.07, 6.45) is 4.97. The smallest absolute Gasteiger partial charge is 0.244 e. The highest BCUT2D eigenvalue weighted by Crippen LogP contribution is 2.34. The predicted octanol–water partition coefficient (Wildman–Crippen LogP) is 5.48. The molecule has 1 atom stereocenters. The summed E-state index contributed by atoms with van der Waals surface area (Å²) in [5.74, 6) is -0.307. The van der Waals surface area contributed by atoms with Crippen LogP contribution in [-0.2, 0) is 32.6 Å². The maximum absolute atomic E-state index is 14.4. The van der Waals surface area contributed by atoms with Gasteiger partial charge in [-0.25, -0.2) is 8.42 Å². The molecule has 236 valence electrons. The summed E-state index contributed by atoms with van der Waals surface area (Å²) in [7, 11) is -1.14. The van der Waals surface area contributed by atoms with Crippen molar-refractivity contribution in [2.24, 2.45) is 0 Å². The standard InChI is InChI=1S/C32H37Cl2N3O6S/c1-42-26-15-16-30(43-2)28(19-26)37(44(3,40)41)21-31(38)36(20-23-13-14-24(33)18-27(23)34)29(17-22-9-5-4-6-10-22)32(39)35-25-11-7-8-12-25/h4-6,9-10,13-16,18-19,25,29H,7-8,11-12,17,20-21H2,1-3H3,(H,35,39)/t29-/m0/s1. The van der Waals surface area contributed by atoms with E-state index in [2.05, 4.69) is 5.32 Å². The Morgan fingerprint density at radius 1 is 0.977 bits per heavy atom. The van der Waals surface area contributed by atoms with Gasteiger partial charge in [-0.05, 0) is 48.2 Å². The summed E-state index contributed by atoms with van der Waals surface area (Å²) in [5, 5.41) is 3.88. The molecule has 0 aromatic heterocycles.